The summed E-state index contributed by atoms with van der Waals surface area (Å²) in [7, 11) is 1.55. The van der Waals surface area contributed by atoms with E-state index in [1.54, 1.807) is 19.2 Å². The first-order chi connectivity index (χ1) is 12.3. The van der Waals surface area contributed by atoms with E-state index in [1.165, 1.54) is 0 Å². The summed E-state index contributed by atoms with van der Waals surface area (Å²) >= 11 is 0. The van der Waals surface area contributed by atoms with Crippen molar-refractivity contribution in [2.24, 2.45) is 0 Å². The molecule has 1 N–H and O–H groups in total. The summed E-state index contributed by atoms with van der Waals surface area (Å²) in [5.41, 5.74) is 1.45. The Bertz CT molecular complexity index is 696. The van der Waals surface area contributed by atoms with Gasteiger partial charge in [0.25, 0.3) is 5.91 Å². The molecule has 2 aromatic rings. The minimum Gasteiger partial charge on any atom is -0.496 e. The van der Waals surface area contributed by atoms with Gasteiger partial charge in [0.2, 0.25) is 0 Å². The van der Waals surface area contributed by atoms with Gasteiger partial charge in [-0.05, 0) is 30.5 Å². The van der Waals surface area contributed by atoms with E-state index in [0.717, 1.165) is 25.0 Å². The number of methoxy groups -OCH3 is 1. The van der Waals surface area contributed by atoms with Gasteiger partial charge in [-0.1, -0.05) is 36.4 Å². The van der Waals surface area contributed by atoms with Crippen LogP contribution in [0.3, 0.4) is 0 Å². The van der Waals surface area contributed by atoms with E-state index in [2.05, 4.69) is 5.32 Å². The highest BCUT2D eigenvalue weighted by molar-refractivity contribution is 5.99. The zero-order valence-corrected chi connectivity index (χ0v) is 14.4. The topological polar surface area (TPSA) is 56.8 Å². The van der Waals surface area contributed by atoms with Crippen molar-refractivity contribution in [3.05, 3.63) is 59.7 Å². The smallest absolute Gasteiger partial charge is 0.258 e. The second kappa shape index (κ2) is 8.53. The van der Waals surface area contributed by atoms with Crippen molar-refractivity contribution in [2.45, 2.75) is 25.6 Å². The molecule has 0 spiro atoms. The van der Waals surface area contributed by atoms with Gasteiger partial charge in [-0.15, -0.1) is 0 Å². The maximum Gasteiger partial charge on any atom is 0.258 e. The zero-order chi connectivity index (χ0) is 17.5. The van der Waals surface area contributed by atoms with Gasteiger partial charge in [-0.25, -0.2) is 0 Å². The molecule has 5 nitrogen and oxygen atoms in total. The normalized spacial score (nSPS) is 16.4. The zero-order valence-electron chi connectivity index (χ0n) is 14.4. The van der Waals surface area contributed by atoms with E-state index in [1.807, 2.05) is 36.4 Å². The number of benzene rings is 2. The summed E-state index contributed by atoms with van der Waals surface area (Å²) in [6.45, 7) is 1.65. The lowest BCUT2D eigenvalue weighted by Gasteiger charge is -2.16. The summed E-state index contributed by atoms with van der Waals surface area (Å²) < 4.78 is 16.8. The van der Waals surface area contributed by atoms with Gasteiger partial charge in [0.1, 0.15) is 23.7 Å². The molecule has 1 aliphatic rings. The highest BCUT2D eigenvalue weighted by Crippen LogP contribution is 2.29. The second-order valence-electron chi connectivity index (χ2n) is 5.95. The molecule has 132 valence electrons. The molecule has 1 fully saturated rings. The van der Waals surface area contributed by atoms with E-state index in [4.69, 9.17) is 14.2 Å². The number of carbonyl (C=O) groups is 1. The lowest BCUT2D eigenvalue weighted by molar-refractivity contribution is 0.0851. The molecule has 1 saturated heterocycles. The van der Waals surface area contributed by atoms with Gasteiger partial charge < -0.3 is 19.5 Å². The van der Waals surface area contributed by atoms with E-state index in [-0.39, 0.29) is 12.0 Å². The van der Waals surface area contributed by atoms with E-state index in [0.29, 0.717) is 30.2 Å². The first-order valence-corrected chi connectivity index (χ1v) is 8.51. The molecule has 0 radical (unpaired) electrons. The van der Waals surface area contributed by atoms with Crippen molar-refractivity contribution in [1.82, 2.24) is 5.32 Å². The van der Waals surface area contributed by atoms with E-state index < -0.39 is 0 Å². The van der Waals surface area contributed by atoms with Crippen LogP contribution < -0.4 is 14.8 Å². The fraction of sp³-hybridized carbons (Fsp3) is 0.350. The summed E-state index contributed by atoms with van der Waals surface area (Å²) in [4.78, 5) is 12.7. The van der Waals surface area contributed by atoms with Crippen LogP contribution in [0.1, 0.15) is 28.8 Å². The number of amides is 1. The molecule has 5 heteroatoms. The van der Waals surface area contributed by atoms with E-state index >= 15 is 0 Å². The molecule has 3 rings (SSSR count). The van der Waals surface area contributed by atoms with Gasteiger partial charge >= 0.3 is 0 Å². The molecular formula is C20H23NO4. The number of ether oxygens (including phenoxy) is 3. The molecule has 0 saturated carbocycles. The van der Waals surface area contributed by atoms with Crippen LogP contribution in [0.5, 0.6) is 11.5 Å². The van der Waals surface area contributed by atoms with Gasteiger partial charge in [0.15, 0.2) is 0 Å². The Labute approximate surface area is 147 Å². The molecule has 1 atom stereocenters. The maximum absolute atomic E-state index is 12.7. The maximum atomic E-state index is 12.7. The van der Waals surface area contributed by atoms with Crippen molar-refractivity contribution in [2.75, 3.05) is 20.3 Å². The number of nitrogens with one attached hydrogen (secondary N) is 1. The molecule has 1 aliphatic heterocycles. The van der Waals surface area contributed by atoms with Gasteiger partial charge in [-0.2, -0.15) is 0 Å². The van der Waals surface area contributed by atoms with Crippen LogP contribution >= 0.6 is 0 Å². The SMILES string of the molecule is COc1cccc(OCc2ccccc2)c1C(=O)NC[C@@H]1CCCO1. The predicted octanol–water partition coefficient (Wildman–Crippen LogP) is 3.18. The van der Waals surface area contributed by atoms with E-state index in [9.17, 15) is 4.79 Å². The molecule has 0 aliphatic carbocycles. The Hall–Kier alpha value is -2.53. The van der Waals surface area contributed by atoms with Gasteiger partial charge in [0, 0.05) is 13.2 Å². The number of carbonyl (C=O) groups excluding carboxylic acids is 1. The summed E-state index contributed by atoms with van der Waals surface area (Å²) in [5.74, 6) is 0.791. The molecule has 1 heterocycles. The highest BCUT2D eigenvalue weighted by atomic mass is 16.5. The Morgan fingerprint density at radius 2 is 1.96 bits per heavy atom. The van der Waals surface area contributed by atoms with Crippen LogP contribution in [0.4, 0.5) is 0 Å². The van der Waals surface area contributed by atoms with Crippen LogP contribution in [0.2, 0.25) is 0 Å². The van der Waals surface area contributed by atoms with Crippen LogP contribution in [0.15, 0.2) is 48.5 Å². The van der Waals surface area contributed by atoms with Crippen molar-refractivity contribution < 1.29 is 19.0 Å². The lowest BCUT2D eigenvalue weighted by atomic mass is 10.1. The third-order valence-electron chi connectivity index (χ3n) is 4.19. The third kappa shape index (κ3) is 4.51. The molecule has 0 bridgehead atoms. The number of hydrogen-bond acceptors (Lipinski definition) is 4. The van der Waals surface area contributed by atoms with Crippen LogP contribution in [-0.2, 0) is 11.3 Å². The Morgan fingerprint density at radius 1 is 1.16 bits per heavy atom. The van der Waals surface area contributed by atoms with Crippen molar-refractivity contribution in [1.29, 1.82) is 0 Å². The summed E-state index contributed by atoms with van der Waals surface area (Å²) in [6.07, 6.45) is 2.11. The highest BCUT2D eigenvalue weighted by Gasteiger charge is 2.21. The Balaban J connectivity index is 1.72. The second-order valence-corrected chi connectivity index (χ2v) is 5.95. The van der Waals surface area contributed by atoms with Crippen LogP contribution in [0, 0.1) is 0 Å². The molecule has 0 aromatic heterocycles. The molecule has 1 amide bonds. The first kappa shape index (κ1) is 17.3. The van der Waals surface area contributed by atoms with Crippen LogP contribution in [0.25, 0.3) is 0 Å². The first-order valence-electron chi connectivity index (χ1n) is 8.51. The standard InChI is InChI=1S/C20H23NO4/c1-23-17-10-5-11-18(25-14-15-7-3-2-4-8-15)19(17)20(22)21-13-16-9-6-12-24-16/h2-5,7-8,10-11,16H,6,9,12-14H2,1H3,(H,21,22)/t16-/m0/s1. The van der Waals surface area contributed by atoms with Crippen LogP contribution in [-0.4, -0.2) is 32.3 Å². The predicted molar refractivity (Wildman–Crippen MR) is 95.1 cm³/mol. The van der Waals surface area contributed by atoms with Crippen molar-refractivity contribution in [3.63, 3.8) is 0 Å². The molecule has 2 aromatic carbocycles. The number of rotatable bonds is 7. The minimum absolute atomic E-state index is 0.0901. The van der Waals surface area contributed by atoms with Gasteiger partial charge in [0.05, 0.1) is 13.2 Å². The number of hydrogen-bond donors (Lipinski definition) is 1. The Kier molecular flexibility index (Phi) is 5.90. The monoisotopic (exact) mass is 341 g/mol. The van der Waals surface area contributed by atoms with Crippen molar-refractivity contribution >= 4 is 5.91 Å². The summed E-state index contributed by atoms with van der Waals surface area (Å²) in [6, 6.07) is 15.2. The molecular weight excluding hydrogens is 318 g/mol. The average Bonchev–Trinajstić information content (AvgIpc) is 3.18. The third-order valence-corrected chi connectivity index (χ3v) is 4.19. The lowest BCUT2D eigenvalue weighted by Crippen LogP contribution is -2.32. The fourth-order valence-corrected chi connectivity index (χ4v) is 2.86. The van der Waals surface area contributed by atoms with Crippen molar-refractivity contribution in [3.8, 4) is 11.5 Å². The van der Waals surface area contributed by atoms with Gasteiger partial charge in [-0.3, -0.25) is 4.79 Å². The minimum atomic E-state index is -0.212. The molecule has 0 unspecified atom stereocenters. The summed E-state index contributed by atoms with van der Waals surface area (Å²) in [5, 5.41) is 2.93. The largest absolute Gasteiger partial charge is 0.496 e. The quantitative estimate of drug-likeness (QED) is 0.840. The average molecular weight is 341 g/mol. The molecule has 25 heavy (non-hydrogen) atoms. The fourth-order valence-electron chi connectivity index (χ4n) is 2.86. The Morgan fingerprint density at radius 3 is 2.68 bits per heavy atom.